The number of ether oxygens (including phenoxy) is 2. The van der Waals surface area contributed by atoms with E-state index in [0.717, 1.165) is 0 Å². The van der Waals surface area contributed by atoms with Crippen molar-refractivity contribution in [3.63, 3.8) is 0 Å². The third-order valence-corrected chi connectivity index (χ3v) is 2.24. The topological polar surface area (TPSA) is 51.8 Å². The lowest BCUT2D eigenvalue weighted by Crippen LogP contribution is -2.12. The predicted molar refractivity (Wildman–Crippen MR) is 47.1 cm³/mol. The molecule has 0 saturated carbocycles. The van der Waals surface area contributed by atoms with E-state index in [4.69, 9.17) is 19.0 Å². The summed E-state index contributed by atoms with van der Waals surface area (Å²) in [6.45, 7) is 0.295. The highest BCUT2D eigenvalue weighted by Crippen LogP contribution is 2.28. The Balaban J connectivity index is 2.03. The Bertz CT molecular complexity index is 285. The van der Waals surface area contributed by atoms with Gasteiger partial charge in [-0.3, -0.25) is 0 Å². The van der Waals surface area contributed by atoms with Crippen LogP contribution in [0.2, 0.25) is 0 Å². The van der Waals surface area contributed by atoms with Gasteiger partial charge in [0, 0.05) is 0 Å². The number of aliphatic hydroxyl groups is 1. The van der Waals surface area contributed by atoms with Gasteiger partial charge in [0.15, 0.2) is 11.0 Å². The van der Waals surface area contributed by atoms with Crippen LogP contribution in [0.3, 0.4) is 0 Å². The quantitative estimate of drug-likeness (QED) is 0.861. The molecule has 2 rings (SSSR count). The standard InChI is InChI=1S/C8H9BrO4/c9-7-2-1-5(12-7)6-4-11-8(3-10)13-6/h1-2,6,8,10H,3-4H2/t6?,8-/m0/s1. The van der Waals surface area contributed by atoms with Gasteiger partial charge in [0.1, 0.15) is 11.9 Å². The molecule has 1 N–H and O–H groups in total. The van der Waals surface area contributed by atoms with Crippen molar-refractivity contribution in [2.24, 2.45) is 0 Å². The summed E-state index contributed by atoms with van der Waals surface area (Å²) in [5.41, 5.74) is 0. The molecule has 1 fully saturated rings. The summed E-state index contributed by atoms with van der Waals surface area (Å²) in [5.74, 6) is 0.711. The van der Waals surface area contributed by atoms with Gasteiger partial charge >= 0.3 is 0 Å². The minimum absolute atomic E-state index is 0.127. The second kappa shape index (κ2) is 3.79. The second-order valence-electron chi connectivity index (χ2n) is 2.71. The normalized spacial score (nSPS) is 28.2. The lowest BCUT2D eigenvalue weighted by molar-refractivity contribution is -0.0904. The van der Waals surface area contributed by atoms with Gasteiger partial charge in [0.2, 0.25) is 0 Å². The molecule has 0 spiro atoms. The summed E-state index contributed by atoms with van der Waals surface area (Å²) in [4.78, 5) is 0. The van der Waals surface area contributed by atoms with Crippen LogP contribution in [0, 0.1) is 0 Å². The van der Waals surface area contributed by atoms with Crippen molar-refractivity contribution >= 4 is 15.9 Å². The Morgan fingerprint density at radius 1 is 1.54 bits per heavy atom. The molecule has 2 atom stereocenters. The van der Waals surface area contributed by atoms with E-state index in [1.165, 1.54) is 0 Å². The molecule has 0 aliphatic carbocycles. The number of rotatable bonds is 2. The van der Waals surface area contributed by atoms with Gasteiger partial charge in [0.05, 0.1) is 13.2 Å². The highest BCUT2D eigenvalue weighted by atomic mass is 79.9. The van der Waals surface area contributed by atoms with Gasteiger partial charge < -0.3 is 19.0 Å². The maximum Gasteiger partial charge on any atom is 0.181 e. The van der Waals surface area contributed by atoms with Crippen LogP contribution in [-0.4, -0.2) is 24.6 Å². The zero-order chi connectivity index (χ0) is 9.26. The molecular formula is C8H9BrO4. The second-order valence-corrected chi connectivity index (χ2v) is 3.49. The van der Waals surface area contributed by atoms with Crippen LogP contribution in [0.25, 0.3) is 0 Å². The first-order valence-corrected chi connectivity index (χ1v) is 4.72. The highest BCUT2D eigenvalue weighted by molar-refractivity contribution is 9.10. The van der Waals surface area contributed by atoms with Crippen molar-refractivity contribution in [1.29, 1.82) is 0 Å². The molecule has 13 heavy (non-hydrogen) atoms. The first-order chi connectivity index (χ1) is 6.29. The average molecular weight is 249 g/mol. The van der Waals surface area contributed by atoms with E-state index in [1.807, 2.05) is 6.07 Å². The van der Waals surface area contributed by atoms with Crippen molar-refractivity contribution in [3.05, 3.63) is 22.6 Å². The van der Waals surface area contributed by atoms with Gasteiger partial charge in [-0.2, -0.15) is 0 Å². The Morgan fingerprint density at radius 3 is 2.92 bits per heavy atom. The van der Waals surface area contributed by atoms with E-state index < -0.39 is 6.29 Å². The van der Waals surface area contributed by atoms with E-state index >= 15 is 0 Å². The van der Waals surface area contributed by atoms with Gasteiger partial charge in [-0.15, -0.1) is 0 Å². The van der Waals surface area contributed by atoms with Crippen LogP contribution < -0.4 is 0 Å². The Labute approximate surface area is 83.6 Å². The van der Waals surface area contributed by atoms with Crippen LogP contribution in [0.1, 0.15) is 11.9 Å². The van der Waals surface area contributed by atoms with Gasteiger partial charge in [-0.1, -0.05) is 0 Å². The largest absolute Gasteiger partial charge is 0.451 e. The third-order valence-electron chi connectivity index (χ3n) is 1.81. The maximum atomic E-state index is 8.75. The molecule has 72 valence electrons. The van der Waals surface area contributed by atoms with E-state index in [9.17, 15) is 0 Å². The molecule has 5 heteroatoms. The highest BCUT2D eigenvalue weighted by Gasteiger charge is 2.28. The molecule has 2 heterocycles. The maximum absolute atomic E-state index is 8.75. The monoisotopic (exact) mass is 248 g/mol. The minimum atomic E-state index is -0.520. The lowest BCUT2D eigenvalue weighted by atomic mass is 10.3. The molecule has 1 unspecified atom stereocenters. The van der Waals surface area contributed by atoms with E-state index in [0.29, 0.717) is 17.0 Å². The summed E-state index contributed by atoms with van der Waals surface area (Å²) in [6, 6.07) is 3.61. The predicted octanol–water partition coefficient (Wildman–Crippen LogP) is 1.45. The molecule has 1 aromatic rings. The molecule has 0 bridgehead atoms. The first kappa shape index (κ1) is 9.21. The molecule has 1 aliphatic rings. The van der Waals surface area contributed by atoms with E-state index in [1.54, 1.807) is 6.07 Å². The fourth-order valence-corrected chi connectivity index (χ4v) is 1.52. The fourth-order valence-electron chi connectivity index (χ4n) is 1.20. The van der Waals surface area contributed by atoms with Crippen molar-refractivity contribution in [1.82, 2.24) is 0 Å². The molecule has 0 amide bonds. The molecule has 0 radical (unpaired) electrons. The summed E-state index contributed by atoms with van der Waals surface area (Å²) < 4.78 is 16.4. The van der Waals surface area contributed by atoms with Crippen molar-refractivity contribution in [2.75, 3.05) is 13.2 Å². The summed E-state index contributed by atoms with van der Waals surface area (Å²) in [5, 5.41) is 8.75. The van der Waals surface area contributed by atoms with Gasteiger partial charge in [-0.25, -0.2) is 0 Å². The zero-order valence-corrected chi connectivity index (χ0v) is 8.36. The molecule has 4 nitrogen and oxygen atoms in total. The Kier molecular flexibility index (Phi) is 2.69. The minimum Gasteiger partial charge on any atom is -0.451 e. The molecule has 1 aliphatic heterocycles. The Morgan fingerprint density at radius 2 is 2.38 bits per heavy atom. The number of furan rings is 1. The SMILES string of the molecule is OC[C@H]1OCC(c2ccc(Br)o2)O1. The van der Waals surface area contributed by atoms with Crippen molar-refractivity contribution in [3.8, 4) is 0 Å². The lowest BCUT2D eigenvalue weighted by Gasteiger charge is -2.05. The number of aliphatic hydroxyl groups excluding tert-OH is 1. The van der Waals surface area contributed by atoms with Crippen LogP contribution in [0.5, 0.6) is 0 Å². The summed E-state index contributed by atoms with van der Waals surface area (Å²) in [7, 11) is 0. The van der Waals surface area contributed by atoms with Gasteiger partial charge in [-0.05, 0) is 28.1 Å². The molecular weight excluding hydrogens is 240 g/mol. The van der Waals surface area contributed by atoms with Gasteiger partial charge in [0.25, 0.3) is 0 Å². The number of halogens is 1. The molecule has 1 saturated heterocycles. The number of hydrogen-bond acceptors (Lipinski definition) is 4. The van der Waals surface area contributed by atoms with Crippen LogP contribution >= 0.6 is 15.9 Å². The summed E-state index contributed by atoms with van der Waals surface area (Å²) >= 11 is 3.20. The average Bonchev–Trinajstić information content (AvgIpc) is 2.71. The third kappa shape index (κ3) is 1.94. The van der Waals surface area contributed by atoms with Crippen LogP contribution in [0.15, 0.2) is 21.2 Å². The van der Waals surface area contributed by atoms with Crippen LogP contribution in [0.4, 0.5) is 0 Å². The smallest absolute Gasteiger partial charge is 0.181 e. The summed E-state index contributed by atoms with van der Waals surface area (Å²) in [6.07, 6.45) is -0.725. The first-order valence-electron chi connectivity index (χ1n) is 3.93. The molecule has 1 aromatic heterocycles. The number of hydrogen-bond donors (Lipinski definition) is 1. The fraction of sp³-hybridized carbons (Fsp3) is 0.500. The Hall–Kier alpha value is -0.360. The van der Waals surface area contributed by atoms with Crippen molar-refractivity contribution < 1.29 is 19.0 Å². The zero-order valence-electron chi connectivity index (χ0n) is 6.77. The molecule has 0 aromatic carbocycles. The van der Waals surface area contributed by atoms with E-state index in [-0.39, 0.29) is 12.7 Å². The van der Waals surface area contributed by atoms with Crippen LogP contribution in [-0.2, 0) is 9.47 Å². The van der Waals surface area contributed by atoms with E-state index in [2.05, 4.69) is 15.9 Å². The van der Waals surface area contributed by atoms with Crippen molar-refractivity contribution in [2.45, 2.75) is 12.4 Å².